The number of hydrogen-bond donors (Lipinski definition) is 1. The molecular formula is C11H21NO3. The fourth-order valence-corrected chi connectivity index (χ4v) is 1.32. The zero-order chi connectivity index (χ0) is 11.5. The highest BCUT2D eigenvalue weighted by atomic mass is 16.5. The van der Waals surface area contributed by atoms with Gasteiger partial charge in [-0.25, -0.2) is 0 Å². The van der Waals surface area contributed by atoms with Gasteiger partial charge in [0.1, 0.15) is 0 Å². The van der Waals surface area contributed by atoms with Crippen LogP contribution in [0.4, 0.5) is 0 Å². The number of hydrogen-bond acceptors (Lipinski definition) is 4. The van der Waals surface area contributed by atoms with Crippen molar-refractivity contribution in [3.8, 4) is 0 Å². The number of carbonyl (C=O) groups is 1. The zero-order valence-corrected chi connectivity index (χ0v) is 9.66. The van der Waals surface area contributed by atoms with Crippen LogP contribution in [-0.4, -0.2) is 23.5 Å². The minimum absolute atomic E-state index is 0.123. The molecule has 0 aliphatic heterocycles. The number of rotatable bonds is 2. The van der Waals surface area contributed by atoms with Gasteiger partial charge in [0.15, 0.2) is 0 Å². The molecule has 1 aliphatic carbocycles. The van der Waals surface area contributed by atoms with Crippen molar-refractivity contribution >= 4 is 11.7 Å². The van der Waals surface area contributed by atoms with Crippen LogP contribution in [0.2, 0.25) is 0 Å². The maximum absolute atomic E-state index is 10.2. The molecule has 0 aromatic rings. The normalized spacial score (nSPS) is 14.9. The van der Waals surface area contributed by atoms with Crippen LogP contribution in [0, 0.1) is 0 Å². The Bertz CT molecular complexity index is 194. The predicted octanol–water partition coefficient (Wildman–Crippen LogP) is 2.74. The average Bonchev–Trinajstić information content (AvgIpc) is 2.31. The van der Waals surface area contributed by atoms with E-state index in [-0.39, 0.29) is 5.97 Å². The lowest BCUT2D eigenvalue weighted by Crippen LogP contribution is -2.03. The molecule has 1 rings (SSSR count). The van der Waals surface area contributed by atoms with E-state index in [0.29, 0.717) is 13.0 Å². The molecule has 0 amide bonds. The zero-order valence-electron chi connectivity index (χ0n) is 9.66. The van der Waals surface area contributed by atoms with E-state index in [4.69, 9.17) is 5.21 Å². The van der Waals surface area contributed by atoms with Crippen LogP contribution in [0.1, 0.15) is 52.4 Å². The van der Waals surface area contributed by atoms with E-state index in [1.165, 1.54) is 19.3 Å². The third kappa shape index (κ3) is 7.97. The van der Waals surface area contributed by atoms with E-state index in [9.17, 15) is 4.79 Å². The second-order valence-corrected chi connectivity index (χ2v) is 3.39. The van der Waals surface area contributed by atoms with Crippen molar-refractivity contribution in [2.24, 2.45) is 5.16 Å². The molecule has 1 saturated carbocycles. The lowest BCUT2D eigenvalue weighted by molar-refractivity contribution is -0.142. The molecule has 4 heteroatoms. The number of carbonyl (C=O) groups excluding carboxylic acids is 1. The van der Waals surface area contributed by atoms with Crippen molar-refractivity contribution in [3.05, 3.63) is 0 Å². The topological polar surface area (TPSA) is 58.9 Å². The van der Waals surface area contributed by atoms with Crippen LogP contribution in [0.5, 0.6) is 0 Å². The van der Waals surface area contributed by atoms with E-state index in [2.05, 4.69) is 9.89 Å². The monoisotopic (exact) mass is 215 g/mol. The van der Waals surface area contributed by atoms with Crippen LogP contribution < -0.4 is 0 Å². The number of oxime groups is 1. The van der Waals surface area contributed by atoms with Gasteiger partial charge >= 0.3 is 5.97 Å². The molecule has 0 atom stereocenters. The second kappa shape index (κ2) is 9.49. The number of esters is 1. The third-order valence-corrected chi connectivity index (χ3v) is 2.17. The summed E-state index contributed by atoms with van der Waals surface area (Å²) in [6, 6.07) is 0. The van der Waals surface area contributed by atoms with E-state index >= 15 is 0 Å². The second-order valence-electron chi connectivity index (χ2n) is 3.39. The first-order chi connectivity index (χ1) is 7.24. The predicted molar refractivity (Wildman–Crippen MR) is 59.2 cm³/mol. The highest BCUT2D eigenvalue weighted by Crippen LogP contribution is 2.13. The first-order valence-corrected chi connectivity index (χ1v) is 5.60. The van der Waals surface area contributed by atoms with Crippen LogP contribution in [0.15, 0.2) is 5.16 Å². The fraction of sp³-hybridized carbons (Fsp3) is 0.818. The summed E-state index contributed by atoms with van der Waals surface area (Å²) in [5.41, 5.74) is 0.983. The van der Waals surface area contributed by atoms with Gasteiger partial charge in [-0.2, -0.15) is 0 Å². The standard InChI is InChI=1S/C6H11NO.C5H10O2/c8-7-6-4-2-1-3-5-6;1-3-5(6)7-4-2/h8H,1-5H2;3-4H2,1-2H3. The maximum Gasteiger partial charge on any atom is 0.305 e. The summed E-state index contributed by atoms with van der Waals surface area (Å²) in [7, 11) is 0. The SMILES string of the molecule is CCOC(=O)CC.ON=C1CCCCC1. The summed E-state index contributed by atoms with van der Waals surface area (Å²) in [5, 5.41) is 11.4. The molecule has 0 aromatic heterocycles. The first kappa shape index (κ1) is 13.9. The van der Waals surface area contributed by atoms with Crippen molar-refractivity contribution in [2.45, 2.75) is 52.4 Å². The molecule has 88 valence electrons. The summed E-state index contributed by atoms with van der Waals surface area (Å²) >= 11 is 0. The summed E-state index contributed by atoms with van der Waals surface area (Å²) < 4.78 is 4.55. The summed E-state index contributed by atoms with van der Waals surface area (Å²) in [6.45, 7) is 4.07. The number of ether oxygens (including phenoxy) is 1. The van der Waals surface area contributed by atoms with E-state index in [1.54, 1.807) is 13.8 Å². The Morgan fingerprint density at radius 3 is 2.20 bits per heavy atom. The summed E-state index contributed by atoms with van der Waals surface area (Å²) in [6.07, 6.45) is 6.22. The Labute approximate surface area is 91.3 Å². The average molecular weight is 215 g/mol. The molecule has 0 heterocycles. The largest absolute Gasteiger partial charge is 0.466 e. The molecule has 1 aliphatic rings. The Hall–Kier alpha value is -1.06. The highest BCUT2D eigenvalue weighted by molar-refractivity contribution is 5.84. The van der Waals surface area contributed by atoms with Crippen molar-refractivity contribution < 1.29 is 14.7 Å². The van der Waals surface area contributed by atoms with Gasteiger partial charge in [-0.15, -0.1) is 0 Å². The molecule has 1 fully saturated rings. The van der Waals surface area contributed by atoms with Gasteiger partial charge in [-0.3, -0.25) is 4.79 Å². The molecule has 0 saturated heterocycles. The molecule has 0 radical (unpaired) electrons. The van der Waals surface area contributed by atoms with Gasteiger partial charge in [-0.1, -0.05) is 18.5 Å². The minimum atomic E-state index is -0.123. The summed E-state index contributed by atoms with van der Waals surface area (Å²) in [5.74, 6) is -0.123. The van der Waals surface area contributed by atoms with E-state index in [0.717, 1.165) is 18.6 Å². The van der Waals surface area contributed by atoms with Crippen molar-refractivity contribution in [1.29, 1.82) is 0 Å². The molecule has 0 spiro atoms. The molecule has 4 nitrogen and oxygen atoms in total. The van der Waals surface area contributed by atoms with Crippen molar-refractivity contribution in [1.82, 2.24) is 0 Å². The van der Waals surface area contributed by atoms with Gasteiger partial charge in [0.25, 0.3) is 0 Å². The van der Waals surface area contributed by atoms with Crippen molar-refractivity contribution in [3.63, 3.8) is 0 Å². The van der Waals surface area contributed by atoms with Gasteiger partial charge in [0.05, 0.1) is 12.3 Å². The van der Waals surface area contributed by atoms with E-state index < -0.39 is 0 Å². The van der Waals surface area contributed by atoms with Crippen LogP contribution in [0.25, 0.3) is 0 Å². The van der Waals surface area contributed by atoms with Crippen LogP contribution in [-0.2, 0) is 9.53 Å². The molecule has 15 heavy (non-hydrogen) atoms. The van der Waals surface area contributed by atoms with Crippen LogP contribution in [0.3, 0.4) is 0 Å². The Kier molecular flexibility index (Phi) is 8.82. The van der Waals surface area contributed by atoms with Gasteiger partial charge in [-0.05, 0) is 32.6 Å². The summed E-state index contributed by atoms with van der Waals surface area (Å²) in [4.78, 5) is 10.2. The first-order valence-electron chi connectivity index (χ1n) is 5.60. The molecular weight excluding hydrogens is 194 g/mol. The highest BCUT2D eigenvalue weighted by Gasteiger charge is 2.05. The molecule has 0 bridgehead atoms. The lowest BCUT2D eigenvalue weighted by atomic mass is 9.99. The van der Waals surface area contributed by atoms with Crippen molar-refractivity contribution in [2.75, 3.05) is 6.61 Å². The van der Waals surface area contributed by atoms with Crippen LogP contribution >= 0.6 is 0 Å². The minimum Gasteiger partial charge on any atom is -0.466 e. The Morgan fingerprint density at radius 2 is 1.93 bits per heavy atom. The van der Waals surface area contributed by atoms with Gasteiger partial charge in [0.2, 0.25) is 0 Å². The van der Waals surface area contributed by atoms with Gasteiger partial charge < -0.3 is 9.94 Å². The Morgan fingerprint density at radius 1 is 1.33 bits per heavy atom. The third-order valence-electron chi connectivity index (χ3n) is 2.17. The lowest BCUT2D eigenvalue weighted by Gasteiger charge is -2.08. The van der Waals surface area contributed by atoms with Gasteiger partial charge in [0, 0.05) is 6.42 Å². The quantitative estimate of drug-likeness (QED) is 0.437. The molecule has 0 aromatic carbocycles. The molecule has 0 unspecified atom stereocenters. The molecule has 1 N–H and O–H groups in total. The Balaban J connectivity index is 0.000000265. The van der Waals surface area contributed by atoms with E-state index in [1.807, 2.05) is 0 Å². The fourth-order valence-electron chi connectivity index (χ4n) is 1.32. The smallest absolute Gasteiger partial charge is 0.305 e. The number of nitrogens with zero attached hydrogens (tertiary/aromatic N) is 1. The maximum atomic E-state index is 10.2.